The number of nitrogens with zero attached hydrogens (tertiary/aromatic N) is 4. The third-order valence-corrected chi connectivity index (χ3v) is 6.44. The van der Waals surface area contributed by atoms with Gasteiger partial charge in [-0.3, -0.25) is 9.69 Å². The molecule has 3 aliphatic rings. The van der Waals surface area contributed by atoms with Gasteiger partial charge in [0.1, 0.15) is 5.01 Å². The van der Waals surface area contributed by atoms with Crippen LogP contribution in [0.5, 0.6) is 0 Å². The van der Waals surface area contributed by atoms with E-state index in [2.05, 4.69) is 25.1 Å². The van der Waals surface area contributed by atoms with E-state index in [0.29, 0.717) is 18.0 Å². The summed E-state index contributed by atoms with van der Waals surface area (Å²) in [4.78, 5) is 24.1. The number of amides is 1. The van der Waals surface area contributed by atoms with Crippen LogP contribution < -0.4 is 0 Å². The average molecular weight is 334 g/mol. The summed E-state index contributed by atoms with van der Waals surface area (Å²) in [5.41, 5.74) is 0. The molecule has 126 valence electrons. The Morgan fingerprint density at radius 1 is 1.13 bits per heavy atom. The number of piperidine rings is 1. The molecule has 0 unspecified atom stereocenters. The predicted molar refractivity (Wildman–Crippen MR) is 91.3 cm³/mol. The molecule has 0 saturated carbocycles. The molecule has 0 bridgehead atoms. The molecule has 5 nitrogen and oxygen atoms in total. The van der Waals surface area contributed by atoms with Crippen LogP contribution in [-0.4, -0.2) is 70.4 Å². The number of hydrogen-bond acceptors (Lipinski definition) is 5. The molecule has 0 radical (unpaired) electrons. The van der Waals surface area contributed by atoms with Gasteiger partial charge in [-0.2, -0.15) is 0 Å². The Labute approximate surface area is 142 Å². The van der Waals surface area contributed by atoms with Gasteiger partial charge in [-0.25, -0.2) is 4.98 Å². The predicted octanol–water partition coefficient (Wildman–Crippen LogP) is 1.80. The minimum absolute atomic E-state index is 0.376. The lowest BCUT2D eigenvalue weighted by Crippen LogP contribution is -2.53. The van der Waals surface area contributed by atoms with Gasteiger partial charge in [-0.1, -0.05) is 0 Å². The lowest BCUT2D eigenvalue weighted by atomic mass is 9.96. The van der Waals surface area contributed by atoms with Crippen LogP contribution in [0.25, 0.3) is 0 Å². The summed E-state index contributed by atoms with van der Waals surface area (Å²) < 4.78 is 0. The van der Waals surface area contributed by atoms with Crippen molar-refractivity contribution in [2.24, 2.45) is 0 Å². The summed E-state index contributed by atoms with van der Waals surface area (Å²) >= 11 is 1.74. The van der Waals surface area contributed by atoms with Crippen molar-refractivity contribution < 1.29 is 4.79 Å². The topological polar surface area (TPSA) is 39.7 Å². The molecule has 3 fully saturated rings. The first-order valence-corrected chi connectivity index (χ1v) is 9.83. The van der Waals surface area contributed by atoms with E-state index < -0.39 is 0 Å². The SMILES string of the molecule is O=C1CC[C@@H]2[C@@H](CCN2Cc2nccs2)N1CCN1CCCC1. The van der Waals surface area contributed by atoms with Gasteiger partial charge < -0.3 is 9.80 Å². The Hall–Kier alpha value is -0.980. The van der Waals surface area contributed by atoms with Crippen LogP contribution in [0.2, 0.25) is 0 Å². The number of fused-ring (bicyclic) bond motifs is 1. The van der Waals surface area contributed by atoms with E-state index in [1.165, 1.54) is 30.9 Å². The number of carbonyl (C=O) groups excluding carboxylic acids is 1. The maximum atomic E-state index is 12.4. The summed E-state index contributed by atoms with van der Waals surface area (Å²) in [6, 6.07) is 0.967. The fraction of sp³-hybridized carbons (Fsp3) is 0.765. The standard InChI is InChI=1S/C17H26N4OS/c22-17-4-3-14-15(21(17)11-10-19-7-1-2-8-19)5-9-20(14)13-16-18-6-12-23-16/h6,12,14-15H,1-5,7-11,13H2/t14-,15-/m1/s1. The van der Waals surface area contributed by atoms with Crippen LogP contribution >= 0.6 is 11.3 Å². The molecule has 0 aliphatic carbocycles. The summed E-state index contributed by atoms with van der Waals surface area (Å²) in [5, 5.41) is 3.25. The van der Waals surface area contributed by atoms with Crippen LogP contribution in [0, 0.1) is 0 Å². The molecular weight excluding hydrogens is 308 g/mol. The Kier molecular flexibility index (Phi) is 4.64. The monoisotopic (exact) mass is 334 g/mol. The van der Waals surface area contributed by atoms with Crippen molar-refractivity contribution in [1.82, 2.24) is 19.7 Å². The summed E-state index contributed by atoms with van der Waals surface area (Å²) in [6.45, 7) is 6.46. The molecule has 0 N–H and O–H groups in total. The van der Waals surface area contributed by atoms with Crippen LogP contribution in [0.3, 0.4) is 0 Å². The maximum Gasteiger partial charge on any atom is 0.222 e. The summed E-state index contributed by atoms with van der Waals surface area (Å²) in [5.74, 6) is 0.376. The lowest BCUT2D eigenvalue weighted by molar-refractivity contribution is -0.137. The molecular formula is C17H26N4OS. The van der Waals surface area contributed by atoms with Gasteiger partial charge in [0.2, 0.25) is 5.91 Å². The Morgan fingerprint density at radius 3 is 2.78 bits per heavy atom. The van der Waals surface area contributed by atoms with Gasteiger partial charge in [0.15, 0.2) is 0 Å². The van der Waals surface area contributed by atoms with E-state index in [1.54, 1.807) is 11.3 Å². The number of carbonyl (C=O) groups is 1. The molecule has 3 aliphatic heterocycles. The highest BCUT2D eigenvalue weighted by Gasteiger charge is 2.42. The molecule has 6 heteroatoms. The number of hydrogen-bond donors (Lipinski definition) is 0. The second-order valence-corrected chi connectivity index (χ2v) is 7.97. The van der Waals surface area contributed by atoms with Crippen molar-refractivity contribution in [3.63, 3.8) is 0 Å². The Bertz CT molecular complexity index is 529. The fourth-order valence-electron chi connectivity index (χ4n) is 4.49. The zero-order valence-electron chi connectivity index (χ0n) is 13.7. The first-order valence-electron chi connectivity index (χ1n) is 8.95. The van der Waals surface area contributed by atoms with Crippen molar-refractivity contribution in [3.8, 4) is 0 Å². The summed E-state index contributed by atoms with van der Waals surface area (Å²) in [6.07, 6.45) is 7.40. The van der Waals surface area contributed by atoms with Crippen LogP contribution in [0.1, 0.15) is 37.1 Å². The molecule has 1 aromatic rings. The average Bonchev–Trinajstić information content (AvgIpc) is 3.29. The number of thiazole rings is 1. The quantitative estimate of drug-likeness (QED) is 0.823. The highest BCUT2D eigenvalue weighted by atomic mass is 32.1. The third kappa shape index (κ3) is 3.30. The number of aromatic nitrogens is 1. The largest absolute Gasteiger partial charge is 0.337 e. The van der Waals surface area contributed by atoms with E-state index in [-0.39, 0.29) is 0 Å². The zero-order chi connectivity index (χ0) is 15.6. The van der Waals surface area contributed by atoms with Crippen molar-refractivity contribution in [1.29, 1.82) is 0 Å². The highest BCUT2D eigenvalue weighted by molar-refractivity contribution is 7.09. The van der Waals surface area contributed by atoms with Crippen molar-refractivity contribution in [2.45, 2.75) is 50.7 Å². The van der Waals surface area contributed by atoms with Crippen LogP contribution in [-0.2, 0) is 11.3 Å². The molecule has 3 saturated heterocycles. The van der Waals surface area contributed by atoms with E-state index >= 15 is 0 Å². The minimum Gasteiger partial charge on any atom is -0.337 e. The molecule has 1 amide bonds. The molecule has 1 aromatic heterocycles. The van der Waals surface area contributed by atoms with E-state index in [0.717, 1.165) is 45.4 Å². The zero-order valence-corrected chi connectivity index (χ0v) is 14.5. The fourth-order valence-corrected chi connectivity index (χ4v) is 5.13. The minimum atomic E-state index is 0.376. The first kappa shape index (κ1) is 15.5. The van der Waals surface area contributed by atoms with Gasteiger partial charge in [-0.15, -0.1) is 11.3 Å². The van der Waals surface area contributed by atoms with Gasteiger partial charge in [0.25, 0.3) is 0 Å². The number of rotatable bonds is 5. The Morgan fingerprint density at radius 2 is 2.00 bits per heavy atom. The molecule has 2 atom stereocenters. The smallest absolute Gasteiger partial charge is 0.222 e. The second-order valence-electron chi connectivity index (χ2n) is 6.99. The highest BCUT2D eigenvalue weighted by Crippen LogP contribution is 2.32. The van der Waals surface area contributed by atoms with E-state index in [9.17, 15) is 4.79 Å². The number of likely N-dealkylation sites (tertiary alicyclic amines) is 3. The third-order valence-electron chi connectivity index (χ3n) is 5.68. The van der Waals surface area contributed by atoms with Gasteiger partial charge in [-0.05, 0) is 38.8 Å². The van der Waals surface area contributed by atoms with Crippen LogP contribution in [0.4, 0.5) is 0 Å². The van der Waals surface area contributed by atoms with Crippen molar-refractivity contribution in [3.05, 3.63) is 16.6 Å². The normalized spacial score (nSPS) is 29.4. The van der Waals surface area contributed by atoms with E-state index in [4.69, 9.17) is 0 Å². The first-order chi connectivity index (χ1) is 11.3. The molecule has 4 heterocycles. The van der Waals surface area contributed by atoms with Gasteiger partial charge in [0, 0.05) is 49.7 Å². The lowest BCUT2D eigenvalue weighted by Gasteiger charge is -2.40. The molecule has 4 rings (SSSR count). The Balaban J connectivity index is 1.38. The van der Waals surface area contributed by atoms with Crippen molar-refractivity contribution >= 4 is 17.2 Å². The van der Waals surface area contributed by atoms with Gasteiger partial charge in [0.05, 0.1) is 6.54 Å². The van der Waals surface area contributed by atoms with Gasteiger partial charge >= 0.3 is 0 Å². The second kappa shape index (κ2) is 6.87. The van der Waals surface area contributed by atoms with Crippen LogP contribution in [0.15, 0.2) is 11.6 Å². The maximum absolute atomic E-state index is 12.4. The molecule has 23 heavy (non-hydrogen) atoms. The van der Waals surface area contributed by atoms with E-state index in [1.807, 2.05) is 6.20 Å². The summed E-state index contributed by atoms with van der Waals surface area (Å²) in [7, 11) is 0. The van der Waals surface area contributed by atoms with Crippen molar-refractivity contribution in [2.75, 3.05) is 32.7 Å². The molecule has 0 aromatic carbocycles. The molecule has 0 spiro atoms.